The van der Waals surface area contributed by atoms with Crippen molar-refractivity contribution < 1.29 is 23.4 Å². The molecule has 1 aromatic heterocycles. The van der Waals surface area contributed by atoms with Gasteiger partial charge in [0.1, 0.15) is 5.75 Å². The Hall–Kier alpha value is -3.83. The predicted octanol–water partition coefficient (Wildman–Crippen LogP) is 4.28. The Labute approximate surface area is 249 Å². The zero-order valence-electron chi connectivity index (χ0n) is 24.0. The summed E-state index contributed by atoms with van der Waals surface area (Å²) in [5.74, 6) is -0.0679. The number of hydrogen-bond donors (Lipinski definition) is 2. The zero-order chi connectivity index (χ0) is 30.0. The van der Waals surface area contributed by atoms with Crippen molar-refractivity contribution in [3.05, 3.63) is 82.9 Å². The molecule has 2 aromatic carbocycles. The highest BCUT2D eigenvalue weighted by atomic mass is 19.3. The maximum Gasteiger partial charge on any atom is 0.387 e. The van der Waals surface area contributed by atoms with Gasteiger partial charge in [-0.2, -0.15) is 8.78 Å². The molecule has 1 aliphatic carbocycles. The number of para-hydroxylation sites is 1. The Bertz CT molecular complexity index is 1500. The standard InChI is InChI=1S/C32H37F2N5O4/c33-29(34)43-27-11-5-4-10-24(27)25-18-28(40)38(22-36-25)21-32(42)14-16-37(20-31(32)12-6-7-13-31)30(41)39-17-15-35-19-26(39)23-8-2-1-3-9-23/h1-5,8-11,18,22,26,29,35,42H,6-7,12-17,19-21H2. The van der Waals surface area contributed by atoms with Crippen LogP contribution in [-0.2, 0) is 6.54 Å². The van der Waals surface area contributed by atoms with E-state index in [0.29, 0.717) is 32.6 Å². The van der Waals surface area contributed by atoms with Gasteiger partial charge in [0, 0.05) is 49.8 Å². The third-order valence-corrected chi connectivity index (χ3v) is 9.47. The number of piperazine rings is 1. The number of aliphatic hydroxyl groups is 1. The van der Waals surface area contributed by atoms with Crippen LogP contribution in [0.25, 0.3) is 11.3 Å². The number of rotatable bonds is 6. The first-order chi connectivity index (χ1) is 20.8. The summed E-state index contributed by atoms with van der Waals surface area (Å²) in [5.41, 5.74) is -0.579. The number of hydrogen-bond acceptors (Lipinski definition) is 6. The van der Waals surface area contributed by atoms with E-state index in [9.17, 15) is 23.5 Å². The fourth-order valence-electron chi connectivity index (χ4n) is 7.20. The minimum atomic E-state index is -3.01. The Balaban J connectivity index is 1.22. The van der Waals surface area contributed by atoms with Crippen molar-refractivity contribution in [3.63, 3.8) is 0 Å². The maximum atomic E-state index is 14.0. The van der Waals surface area contributed by atoms with Crippen molar-refractivity contribution >= 4 is 6.03 Å². The van der Waals surface area contributed by atoms with Crippen LogP contribution in [0.5, 0.6) is 5.75 Å². The van der Waals surface area contributed by atoms with Crippen LogP contribution in [0.4, 0.5) is 13.6 Å². The van der Waals surface area contributed by atoms with Crippen molar-refractivity contribution in [2.45, 2.75) is 56.9 Å². The SMILES string of the molecule is O=C(N1CCC(O)(Cn2cnc(-c3ccccc3OC(F)F)cc2=O)C2(CCCC2)C1)N1CCNCC1c1ccccc1. The third-order valence-electron chi connectivity index (χ3n) is 9.47. The number of urea groups is 1. The number of ether oxygens (including phenoxy) is 1. The average Bonchev–Trinajstić information content (AvgIpc) is 3.50. The molecule has 43 heavy (non-hydrogen) atoms. The van der Waals surface area contributed by atoms with Gasteiger partial charge >= 0.3 is 12.6 Å². The van der Waals surface area contributed by atoms with Gasteiger partial charge in [-0.25, -0.2) is 9.78 Å². The Morgan fingerprint density at radius 3 is 2.56 bits per heavy atom. The van der Waals surface area contributed by atoms with Crippen molar-refractivity contribution in [2.75, 3.05) is 32.7 Å². The molecule has 2 unspecified atom stereocenters. The monoisotopic (exact) mass is 593 g/mol. The second kappa shape index (κ2) is 12.0. The highest BCUT2D eigenvalue weighted by Crippen LogP contribution is 2.52. The van der Waals surface area contributed by atoms with E-state index in [-0.39, 0.29) is 35.6 Å². The molecule has 2 N–H and O–H groups in total. The number of carbonyl (C=O) groups excluding carboxylic acids is 1. The number of halogens is 2. The van der Waals surface area contributed by atoms with Crippen LogP contribution in [0.15, 0.2) is 71.8 Å². The zero-order valence-corrected chi connectivity index (χ0v) is 24.0. The Kier molecular flexibility index (Phi) is 8.19. The van der Waals surface area contributed by atoms with Crippen LogP contribution in [0.1, 0.15) is 43.7 Å². The van der Waals surface area contributed by atoms with E-state index < -0.39 is 23.2 Å². The number of likely N-dealkylation sites (tertiary alicyclic amines) is 1. The van der Waals surface area contributed by atoms with Crippen LogP contribution in [0, 0.1) is 5.41 Å². The van der Waals surface area contributed by atoms with Gasteiger partial charge in [0.2, 0.25) is 0 Å². The van der Waals surface area contributed by atoms with Crippen LogP contribution in [-0.4, -0.2) is 75.4 Å². The first-order valence-electron chi connectivity index (χ1n) is 14.9. The van der Waals surface area contributed by atoms with E-state index in [1.807, 2.05) is 40.1 Å². The largest absolute Gasteiger partial charge is 0.434 e. The molecule has 3 aromatic rings. The lowest BCUT2D eigenvalue weighted by molar-refractivity contribution is -0.137. The summed E-state index contributed by atoms with van der Waals surface area (Å²) >= 11 is 0. The highest BCUT2D eigenvalue weighted by Gasteiger charge is 2.56. The smallest absolute Gasteiger partial charge is 0.387 e. The molecule has 9 nitrogen and oxygen atoms in total. The highest BCUT2D eigenvalue weighted by molar-refractivity contribution is 5.75. The van der Waals surface area contributed by atoms with Crippen molar-refractivity contribution in [1.29, 1.82) is 0 Å². The summed E-state index contributed by atoms with van der Waals surface area (Å²) in [6.07, 6.45) is 5.10. The van der Waals surface area contributed by atoms with Crippen molar-refractivity contribution in [3.8, 4) is 17.0 Å². The molecular formula is C32H37F2N5O4. The molecule has 3 heterocycles. The lowest BCUT2D eigenvalue weighted by Gasteiger charge is -2.53. The summed E-state index contributed by atoms with van der Waals surface area (Å²) in [4.78, 5) is 35.5. The lowest BCUT2D eigenvalue weighted by atomic mass is 9.66. The second-order valence-electron chi connectivity index (χ2n) is 11.9. The van der Waals surface area contributed by atoms with E-state index in [4.69, 9.17) is 0 Å². The number of nitrogens with zero attached hydrogens (tertiary/aromatic N) is 4. The number of carbonyl (C=O) groups is 1. The Morgan fingerprint density at radius 2 is 1.81 bits per heavy atom. The van der Waals surface area contributed by atoms with E-state index in [1.165, 1.54) is 23.0 Å². The molecule has 228 valence electrons. The minimum absolute atomic E-state index is 0.0171. The van der Waals surface area contributed by atoms with Crippen molar-refractivity contribution in [2.24, 2.45) is 5.41 Å². The summed E-state index contributed by atoms with van der Waals surface area (Å²) in [7, 11) is 0. The van der Waals surface area contributed by atoms with Gasteiger partial charge in [0.05, 0.1) is 30.2 Å². The fourth-order valence-corrected chi connectivity index (χ4v) is 7.20. The molecule has 1 saturated carbocycles. The molecule has 2 saturated heterocycles. The van der Waals surface area contributed by atoms with E-state index in [1.54, 1.807) is 18.2 Å². The summed E-state index contributed by atoms with van der Waals surface area (Å²) in [6, 6.07) is 17.4. The second-order valence-corrected chi connectivity index (χ2v) is 11.9. The first-order valence-corrected chi connectivity index (χ1v) is 14.9. The molecule has 2 atom stereocenters. The number of amides is 2. The number of piperidine rings is 1. The quantitative estimate of drug-likeness (QED) is 0.443. The predicted molar refractivity (Wildman–Crippen MR) is 157 cm³/mol. The molecule has 6 rings (SSSR count). The van der Waals surface area contributed by atoms with Crippen LogP contribution < -0.4 is 15.6 Å². The molecule has 1 spiro atoms. The molecule has 3 fully saturated rings. The molecule has 0 radical (unpaired) electrons. The number of nitrogens with one attached hydrogen (secondary N) is 1. The van der Waals surface area contributed by atoms with Crippen molar-refractivity contribution in [1.82, 2.24) is 24.7 Å². The van der Waals surface area contributed by atoms with Crippen LogP contribution >= 0.6 is 0 Å². The topological polar surface area (TPSA) is 99.9 Å². The number of alkyl halides is 2. The molecule has 0 bridgehead atoms. The van der Waals surface area contributed by atoms with Gasteiger partial charge in [-0.05, 0) is 37.0 Å². The molecule has 11 heteroatoms. The van der Waals surface area contributed by atoms with Gasteiger partial charge < -0.3 is 25.0 Å². The van der Waals surface area contributed by atoms with E-state index in [2.05, 4.69) is 15.0 Å². The molecule has 3 aliphatic rings. The third kappa shape index (κ3) is 5.75. The number of benzene rings is 2. The summed E-state index contributed by atoms with van der Waals surface area (Å²) in [5, 5.41) is 15.6. The van der Waals surface area contributed by atoms with Crippen LogP contribution in [0.3, 0.4) is 0 Å². The summed E-state index contributed by atoms with van der Waals surface area (Å²) in [6.45, 7) is -0.159. The van der Waals surface area contributed by atoms with Gasteiger partial charge in [-0.3, -0.25) is 9.36 Å². The van der Waals surface area contributed by atoms with E-state index >= 15 is 0 Å². The van der Waals surface area contributed by atoms with Gasteiger partial charge in [0.25, 0.3) is 5.56 Å². The molecular weight excluding hydrogens is 556 g/mol. The van der Waals surface area contributed by atoms with Gasteiger partial charge in [-0.1, -0.05) is 55.3 Å². The van der Waals surface area contributed by atoms with Gasteiger partial charge in [0.15, 0.2) is 0 Å². The summed E-state index contributed by atoms with van der Waals surface area (Å²) < 4.78 is 31.8. The fraction of sp³-hybridized carbons (Fsp3) is 0.469. The average molecular weight is 594 g/mol. The Morgan fingerprint density at radius 1 is 1.07 bits per heavy atom. The van der Waals surface area contributed by atoms with Gasteiger partial charge in [-0.15, -0.1) is 0 Å². The minimum Gasteiger partial charge on any atom is -0.434 e. The first kappa shape index (κ1) is 29.3. The number of aromatic nitrogens is 2. The van der Waals surface area contributed by atoms with Crippen LogP contribution in [0.2, 0.25) is 0 Å². The van der Waals surface area contributed by atoms with E-state index in [0.717, 1.165) is 37.8 Å². The lowest BCUT2D eigenvalue weighted by Crippen LogP contribution is -2.64. The normalized spacial score (nSPS) is 23.6. The molecule has 2 amide bonds. The maximum absolute atomic E-state index is 14.0. The molecule has 2 aliphatic heterocycles.